The fraction of sp³-hybridized carbons (Fsp3) is 0.462. The second-order valence-electron chi connectivity index (χ2n) is 5.21. The Morgan fingerprint density at radius 2 is 1.95 bits per heavy atom. The third-order valence-corrected chi connectivity index (χ3v) is 4.06. The molecule has 1 aromatic rings. The van der Waals surface area contributed by atoms with E-state index in [1.807, 2.05) is 0 Å². The minimum absolute atomic E-state index is 0.0265. The number of benzene rings is 1. The molecule has 0 bridgehead atoms. The third kappa shape index (κ3) is 3.27. The molecule has 0 heterocycles. The topological polar surface area (TPSA) is 80.7 Å². The number of halogens is 1. The minimum atomic E-state index is -3.82. The van der Waals surface area contributed by atoms with Crippen LogP contribution in [0.4, 0.5) is 4.39 Å². The van der Waals surface area contributed by atoms with E-state index in [2.05, 4.69) is 0 Å². The van der Waals surface area contributed by atoms with Gasteiger partial charge in [-0.2, -0.15) is 0 Å². The number of sulfone groups is 1. The van der Waals surface area contributed by atoms with Gasteiger partial charge in [0, 0.05) is 6.26 Å². The molecule has 0 aromatic heterocycles. The van der Waals surface area contributed by atoms with Crippen molar-refractivity contribution in [3.63, 3.8) is 0 Å². The van der Waals surface area contributed by atoms with Crippen LogP contribution in [0.2, 0.25) is 0 Å². The van der Waals surface area contributed by atoms with Crippen LogP contribution in [0.15, 0.2) is 17.0 Å². The van der Waals surface area contributed by atoms with Gasteiger partial charge in [-0.25, -0.2) is 12.8 Å². The van der Waals surface area contributed by atoms with Gasteiger partial charge in [0.25, 0.3) is 0 Å². The molecule has 1 N–H and O–H groups in total. The van der Waals surface area contributed by atoms with Gasteiger partial charge in [0.15, 0.2) is 9.84 Å². The molecule has 7 heteroatoms. The highest BCUT2D eigenvalue weighted by molar-refractivity contribution is 7.90. The van der Waals surface area contributed by atoms with Crippen molar-refractivity contribution in [2.45, 2.75) is 25.2 Å². The van der Waals surface area contributed by atoms with Crippen molar-refractivity contribution in [1.82, 2.24) is 0 Å². The number of carboxylic acid groups (broad SMARTS) is 1. The monoisotopic (exact) mass is 304 g/mol. The van der Waals surface area contributed by atoms with Crippen LogP contribution in [-0.4, -0.2) is 32.9 Å². The second kappa shape index (κ2) is 5.40. The predicted molar refractivity (Wildman–Crippen MR) is 71.2 cm³/mol. The van der Waals surface area contributed by atoms with Crippen molar-refractivity contribution in [3.05, 3.63) is 23.5 Å². The zero-order chi connectivity index (χ0) is 15.7. The summed E-state index contributed by atoms with van der Waals surface area (Å²) in [7, 11) is -2.58. The first-order valence-electron chi connectivity index (χ1n) is 5.79. The first-order chi connectivity index (χ1) is 9.00. The second-order valence-corrected chi connectivity index (χ2v) is 7.16. The maximum absolute atomic E-state index is 14.4. The van der Waals surface area contributed by atoms with Gasteiger partial charge in [0.05, 0.1) is 12.5 Å². The summed E-state index contributed by atoms with van der Waals surface area (Å²) in [5.41, 5.74) is -1.18. The Morgan fingerprint density at radius 1 is 1.40 bits per heavy atom. The third-order valence-electron chi connectivity index (χ3n) is 2.94. The van der Waals surface area contributed by atoms with Gasteiger partial charge in [-0.05, 0) is 31.9 Å². The maximum Gasteiger partial charge on any atom is 0.309 e. The molecular weight excluding hydrogens is 287 g/mol. The Morgan fingerprint density at radius 3 is 2.35 bits per heavy atom. The number of carbonyl (C=O) groups is 1. The van der Waals surface area contributed by atoms with E-state index >= 15 is 0 Å². The summed E-state index contributed by atoms with van der Waals surface area (Å²) in [6.07, 6.45) is 0.751. The molecule has 0 aliphatic heterocycles. The summed E-state index contributed by atoms with van der Waals surface area (Å²) in [5.74, 6) is -2.14. The van der Waals surface area contributed by atoms with Crippen molar-refractivity contribution in [3.8, 4) is 5.75 Å². The normalized spacial score (nSPS) is 12.2. The van der Waals surface area contributed by atoms with E-state index in [1.54, 1.807) is 0 Å². The Kier molecular flexibility index (Phi) is 4.43. The molecule has 1 rings (SSSR count). The highest BCUT2D eigenvalue weighted by Crippen LogP contribution is 2.32. The van der Waals surface area contributed by atoms with Crippen LogP contribution in [0.1, 0.15) is 19.4 Å². The summed E-state index contributed by atoms with van der Waals surface area (Å²) < 4.78 is 42.5. The molecule has 0 unspecified atom stereocenters. The first-order valence-corrected chi connectivity index (χ1v) is 7.68. The van der Waals surface area contributed by atoms with E-state index < -0.39 is 31.9 Å². The predicted octanol–water partition coefficient (Wildman–Crippen LogP) is 1.89. The number of methoxy groups -OCH3 is 1. The fourth-order valence-corrected chi connectivity index (χ4v) is 2.75. The summed E-state index contributed by atoms with van der Waals surface area (Å²) in [6, 6.07) is 2.67. The molecule has 0 saturated carbocycles. The summed E-state index contributed by atoms with van der Waals surface area (Å²) in [4.78, 5) is 10.5. The lowest BCUT2D eigenvalue weighted by Crippen LogP contribution is -2.27. The summed E-state index contributed by atoms with van der Waals surface area (Å²) >= 11 is 0. The van der Waals surface area contributed by atoms with Crippen molar-refractivity contribution in [2.75, 3.05) is 13.4 Å². The Bertz CT molecular complexity index is 634. The first kappa shape index (κ1) is 16.4. The molecule has 5 nitrogen and oxygen atoms in total. The Labute approximate surface area is 117 Å². The van der Waals surface area contributed by atoms with Crippen LogP contribution in [0, 0.1) is 11.2 Å². The van der Waals surface area contributed by atoms with Crippen LogP contribution in [0.25, 0.3) is 0 Å². The van der Waals surface area contributed by atoms with Crippen LogP contribution in [0.3, 0.4) is 0 Å². The van der Waals surface area contributed by atoms with Crippen LogP contribution < -0.4 is 4.74 Å². The lowest BCUT2D eigenvalue weighted by molar-refractivity contribution is -0.146. The molecule has 0 amide bonds. The van der Waals surface area contributed by atoms with E-state index in [0.29, 0.717) is 0 Å². The van der Waals surface area contributed by atoms with Crippen molar-refractivity contribution >= 4 is 15.8 Å². The zero-order valence-electron chi connectivity index (χ0n) is 11.7. The number of rotatable bonds is 5. The van der Waals surface area contributed by atoms with E-state index in [4.69, 9.17) is 9.84 Å². The average molecular weight is 304 g/mol. The number of aliphatic carboxylic acids is 1. The molecule has 1 aromatic carbocycles. The average Bonchev–Trinajstić information content (AvgIpc) is 2.29. The molecule has 0 saturated heterocycles. The lowest BCUT2D eigenvalue weighted by Gasteiger charge is -2.20. The molecule has 0 atom stereocenters. The standard InChI is InChI=1S/C13H17FO5S/c1-13(2,12(15)16)7-8-5-6-9(19-3)11(10(8)14)20(4,17)18/h5-6H,7H2,1-4H3,(H,15,16). The number of ether oxygens (including phenoxy) is 1. The zero-order valence-corrected chi connectivity index (χ0v) is 12.5. The van der Waals surface area contributed by atoms with Gasteiger partial charge in [0.2, 0.25) is 0 Å². The van der Waals surface area contributed by atoms with Crippen molar-refractivity contribution in [1.29, 1.82) is 0 Å². The largest absolute Gasteiger partial charge is 0.495 e. The lowest BCUT2D eigenvalue weighted by atomic mass is 9.86. The molecule has 0 fully saturated rings. The smallest absolute Gasteiger partial charge is 0.309 e. The fourth-order valence-electron chi connectivity index (χ4n) is 1.77. The number of carboxylic acids is 1. The molecule has 0 aliphatic carbocycles. The van der Waals surface area contributed by atoms with Gasteiger partial charge in [-0.1, -0.05) is 6.07 Å². The Hall–Kier alpha value is -1.63. The minimum Gasteiger partial charge on any atom is -0.495 e. The van der Waals surface area contributed by atoms with Gasteiger partial charge in [-0.3, -0.25) is 4.79 Å². The van der Waals surface area contributed by atoms with E-state index in [9.17, 15) is 17.6 Å². The van der Waals surface area contributed by atoms with Crippen LogP contribution >= 0.6 is 0 Å². The molecule has 20 heavy (non-hydrogen) atoms. The van der Waals surface area contributed by atoms with Gasteiger partial charge >= 0.3 is 5.97 Å². The van der Waals surface area contributed by atoms with E-state index in [-0.39, 0.29) is 17.7 Å². The molecule has 0 spiro atoms. The van der Waals surface area contributed by atoms with Crippen LogP contribution in [0.5, 0.6) is 5.75 Å². The van der Waals surface area contributed by atoms with E-state index in [1.165, 1.54) is 33.1 Å². The molecular formula is C13H17FO5S. The highest BCUT2D eigenvalue weighted by Gasteiger charge is 2.31. The van der Waals surface area contributed by atoms with E-state index in [0.717, 1.165) is 6.26 Å². The van der Waals surface area contributed by atoms with Gasteiger partial charge in [-0.15, -0.1) is 0 Å². The van der Waals surface area contributed by atoms with Gasteiger partial charge < -0.3 is 9.84 Å². The number of hydrogen-bond acceptors (Lipinski definition) is 4. The highest BCUT2D eigenvalue weighted by atomic mass is 32.2. The quantitative estimate of drug-likeness (QED) is 0.898. The van der Waals surface area contributed by atoms with Gasteiger partial charge in [0.1, 0.15) is 16.5 Å². The molecule has 0 aliphatic rings. The number of hydrogen-bond donors (Lipinski definition) is 1. The Balaban J connectivity index is 3.44. The molecule has 0 radical (unpaired) electrons. The summed E-state index contributed by atoms with van der Waals surface area (Å²) in [5, 5.41) is 9.06. The SMILES string of the molecule is COc1ccc(CC(C)(C)C(=O)O)c(F)c1S(C)(=O)=O. The molecule has 112 valence electrons. The van der Waals surface area contributed by atoms with Crippen LogP contribution in [-0.2, 0) is 21.1 Å². The summed E-state index contributed by atoms with van der Waals surface area (Å²) in [6.45, 7) is 2.89. The van der Waals surface area contributed by atoms with Crippen molar-refractivity contribution in [2.24, 2.45) is 5.41 Å². The maximum atomic E-state index is 14.4. The van der Waals surface area contributed by atoms with Crippen molar-refractivity contribution < 1.29 is 27.4 Å².